The first-order valence-electron chi connectivity index (χ1n) is 8.63. The Morgan fingerprint density at radius 2 is 2.00 bits per heavy atom. The maximum Gasteiger partial charge on any atom is 0.238 e. The zero-order valence-electron chi connectivity index (χ0n) is 14.7. The highest BCUT2D eigenvalue weighted by atomic mass is 35.5. The summed E-state index contributed by atoms with van der Waals surface area (Å²) in [5.41, 5.74) is 0.584. The molecule has 25 heavy (non-hydrogen) atoms. The summed E-state index contributed by atoms with van der Waals surface area (Å²) in [5.74, 6) is -0.101. The summed E-state index contributed by atoms with van der Waals surface area (Å²) in [6.45, 7) is 3.31. The summed E-state index contributed by atoms with van der Waals surface area (Å²) in [6.07, 6.45) is 4.30. The van der Waals surface area contributed by atoms with E-state index in [1.165, 1.54) is 6.42 Å². The number of hydrogen-bond donors (Lipinski definition) is 1. The zero-order valence-corrected chi connectivity index (χ0v) is 16.2. The molecule has 0 aromatic heterocycles. The van der Waals surface area contributed by atoms with Gasteiger partial charge in [0.1, 0.15) is 0 Å². The minimum absolute atomic E-state index is 0.0939. The van der Waals surface area contributed by atoms with Crippen molar-refractivity contribution >= 4 is 40.7 Å². The highest BCUT2D eigenvalue weighted by Crippen LogP contribution is 2.25. The first-order valence-corrected chi connectivity index (χ1v) is 9.39. The van der Waals surface area contributed by atoms with Crippen LogP contribution in [0.1, 0.15) is 32.6 Å². The lowest BCUT2D eigenvalue weighted by Crippen LogP contribution is -2.48. The number of halogens is 2. The molecule has 1 aliphatic heterocycles. The van der Waals surface area contributed by atoms with Gasteiger partial charge in [-0.25, -0.2) is 0 Å². The third-order valence-electron chi connectivity index (χ3n) is 4.44. The van der Waals surface area contributed by atoms with E-state index in [-0.39, 0.29) is 24.9 Å². The Kier molecular flexibility index (Phi) is 7.54. The molecule has 2 rings (SSSR count). The van der Waals surface area contributed by atoms with Crippen molar-refractivity contribution < 1.29 is 9.59 Å². The molecule has 1 aromatic carbocycles. The molecular weight excluding hydrogens is 361 g/mol. The van der Waals surface area contributed by atoms with Gasteiger partial charge < -0.3 is 10.2 Å². The Hall–Kier alpha value is -1.30. The van der Waals surface area contributed by atoms with E-state index in [0.717, 1.165) is 25.8 Å². The molecule has 1 heterocycles. The molecular formula is C18H25Cl2N3O2. The van der Waals surface area contributed by atoms with E-state index in [0.29, 0.717) is 21.8 Å². The van der Waals surface area contributed by atoms with Gasteiger partial charge in [0.2, 0.25) is 11.8 Å². The fourth-order valence-electron chi connectivity index (χ4n) is 3.15. The Balaban J connectivity index is 1.84. The first kappa shape index (κ1) is 20.0. The minimum atomic E-state index is -0.195. The second-order valence-electron chi connectivity index (χ2n) is 6.49. The summed E-state index contributed by atoms with van der Waals surface area (Å²) in [7, 11) is 1.78. The van der Waals surface area contributed by atoms with Gasteiger partial charge in [-0.1, -0.05) is 30.1 Å². The molecule has 0 unspecified atom stereocenters. The van der Waals surface area contributed by atoms with Crippen LogP contribution in [0, 0.1) is 0 Å². The number of benzene rings is 1. The molecule has 0 bridgehead atoms. The molecule has 0 aliphatic carbocycles. The number of carbonyl (C=O) groups excluding carboxylic acids is 2. The van der Waals surface area contributed by atoms with E-state index in [9.17, 15) is 9.59 Å². The quantitative estimate of drug-likeness (QED) is 0.812. The fourth-order valence-corrected chi connectivity index (χ4v) is 3.45. The molecule has 0 spiro atoms. The zero-order chi connectivity index (χ0) is 18.4. The molecule has 0 radical (unpaired) electrons. The summed E-state index contributed by atoms with van der Waals surface area (Å²) >= 11 is 11.8. The van der Waals surface area contributed by atoms with Gasteiger partial charge in [0.25, 0.3) is 0 Å². The van der Waals surface area contributed by atoms with Gasteiger partial charge in [0, 0.05) is 18.3 Å². The summed E-state index contributed by atoms with van der Waals surface area (Å²) in [5, 5.41) is 3.59. The maximum atomic E-state index is 12.5. The molecule has 1 aliphatic rings. The molecule has 2 amide bonds. The molecule has 7 heteroatoms. The van der Waals surface area contributed by atoms with Crippen LogP contribution < -0.4 is 5.32 Å². The van der Waals surface area contributed by atoms with E-state index in [4.69, 9.17) is 23.2 Å². The summed E-state index contributed by atoms with van der Waals surface area (Å²) < 4.78 is 0. The van der Waals surface area contributed by atoms with Crippen molar-refractivity contribution in [3.05, 3.63) is 28.2 Å². The number of nitrogens with zero attached hydrogens (tertiary/aromatic N) is 2. The largest absolute Gasteiger partial charge is 0.339 e. The lowest BCUT2D eigenvalue weighted by molar-refractivity contribution is -0.136. The number of piperidine rings is 1. The van der Waals surface area contributed by atoms with Crippen molar-refractivity contribution in [2.75, 3.05) is 32.0 Å². The van der Waals surface area contributed by atoms with Crippen LogP contribution in [0.4, 0.5) is 5.69 Å². The monoisotopic (exact) mass is 385 g/mol. The average Bonchev–Trinajstić information content (AvgIpc) is 2.57. The number of anilines is 1. The van der Waals surface area contributed by atoms with Crippen LogP contribution in [0.5, 0.6) is 0 Å². The Morgan fingerprint density at radius 3 is 2.68 bits per heavy atom. The van der Waals surface area contributed by atoms with E-state index < -0.39 is 0 Å². The molecule has 1 atom stereocenters. The predicted octanol–water partition coefficient (Wildman–Crippen LogP) is 3.65. The Bertz CT molecular complexity index is 624. The van der Waals surface area contributed by atoms with Gasteiger partial charge in [-0.05, 0) is 50.9 Å². The van der Waals surface area contributed by atoms with Crippen LogP contribution in [-0.2, 0) is 9.59 Å². The van der Waals surface area contributed by atoms with Gasteiger partial charge in [0.05, 0.1) is 23.1 Å². The molecule has 1 saturated heterocycles. The molecule has 138 valence electrons. The van der Waals surface area contributed by atoms with Gasteiger partial charge in [-0.15, -0.1) is 0 Å². The molecule has 1 fully saturated rings. The lowest BCUT2D eigenvalue weighted by Gasteiger charge is -2.36. The number of amides is 2. The molecule has 5 nitrogen and oxygen atoms in total. The number of nitrogens with one attached hydrogen (secondary N) is 1. The van der Waals surface area contributed by atoms with Crippen LogP contribution in [0.3, 0.4) is 0 Å². The van der Waals surface area contributed by atoms with E-state index in [1.807, 2.05) is 4.90 Å². The number of carbonyl (C=O) groups is 2. The second-order valence-corrected chi connectivity index (χ2v) is 7.31. The Morgan fingerprint density at radius 1 is 1.24 bits per heavy atom. The van der Waals surface area contributed by atoms with E-state index in [2.05, 4.69) is 12.2 Å². The van der Waals surface area contributed by atoms with Crippen molar-refractivity contribution in [3.8, 4) is 0 Å². The van der Waals surface area contributed by atoms with Crippen molar-refractivity contribution in [1.29, 1.82) is 0 Å². The summed E-state index contributed by atoms with van der Waals surface area (Å²) in [6, 6.07) is 5.26. The van der Waals surface area contributed by atoms with Crippen molar-refractivity contribution in [1.82, 2.24) is 9.80 Å². The lowest BCUT2D eigenvalue weighted by atomic mass is 10.00. The average molecular weight is 386 g/mol. The van der Waals surface area contributed by atoms with Gasteiger partial charge >= 0.3 is 0 Å². The number of hydrogen-bond acceptors (Lipinski definition) is 3. The summed E-state index contributed by atoms with van der Waals surface area (Å²) in [4.78, 5) is 28.4. The van der Waals surface area contributed by atoms with E-state index >= 15 is 0 Å². The third-order valence-corrected chi connectivity index (χ3v) is 5.18. The van der Waals surface area contributed by atoms with Crippen LogP contribution in [0.25, 0.3) is 0 Å². The fraction of sp³-hybridized carbons (Fsp3) is 0.556. The standard InChI is InChI=1S/C18H25Cl2N3O2/c1-3-14-6-4-5-9-23(14)18(25)12-22(2)11-17(24)21-13-7-8-15(19)16(20)10-13/h7-8,10,14H,3-6,9,11-12H2,1-2H3,(H,21,24)/t14-/m1/s1. The van der Waals surface area contributed by atoms with E-state index in [1.54, 1.807) is 30.1 Å². The van der Waals surface area contributed by atoms with Gasteiger partial charge in [0.15, 0.2) is 0 Å². The van der Waals surface area contributed by atoms with Gasteiger partial charge in [-0.3, -0.25) is 14.5 Å². The maximum absolute atomic E-state index is 12.5. The number of likely N-dealkylation sites (N-methyl/N-ethyl adjacent to an activating group) is 1. The molecule has 1 aromatic rings. The first-order chi connectivity index (χ1) is 11.9. The van der Waals surface area contributed by atoms with Crippen molar-refractivity contribution in [2.24, 2.45) is 0 Å². The van der Waals surface area contributed by atoms with Crippen LogP contribution in [0.2, 0.25) is 10.0 Å². The molecule has 0 saturated carbocycles. The van der Waals surface area contributed by atoms with Crippen molar-refractivity contribution in [2.45, 2.75) is 38.6 Å². The Labute approximate surface area is 159 Å². The van der Waals surface area contributed by atoms with Crippen LogP contribution in [0.15, 0.2) is 18.2 Å². The topological polar surface area (TPSA) is 52.7 Å². The van der Waals surface area contributed by atoms with Crippen LogP contribution in [-0.4, -0.2) is 54.3 Å². The minimum Gasteiger partial charge on any atom is -0.339 e. The second kappa shape index (κ2) is 9.41. The normalized spacial score (nSPS) is 17.6. The van der Waals surface area contributed by atoms with Crippen molar-refractivity contribution in [3.63, 3.8) is 0 Å². The highest BCUT2D eigenvalue weighted by molar-refractivity contribution is 6.42. The smallest absolute Gasteiger partial charge is 0.238 e. The highest BCUT2D eigenvalue weighted by Gasteiger charge is 2.26. The SMILES string of the molecule is CC[C@@H]1CCCCN1C(=O)CN(C)CC(=O)Nc1ccc(Cl)c(Cl)c1. The number of rotatable bonds is 6. The predicted molar refractivity (Wildman–Crippen MR) is 102 cm³/mol. The number of likely N-dealkylation sites (tertiary alicyclic amines) is 1. The van der Waals surface area contributed by atoms with Crippen LogP contribution >= 0.6 is 23.2 Å². The molecule has 1 N–H and O–H groups in total. The third kappa shape index (κ3) is 5.87. The van der Waals surface area contributed by atoms with Gasteiger partial charge in [-0.2, -0.15) is 0 Å².